The highest BCUT2D eigenvalue weighted by atomic mass is 32.2. The lowest BCUT2D eigenvalue weighted by atomic mass is 10.1. The lowest BCUT2D eigenvalue weighted by Gasteiger charge is -2.12. The van der Waals surface area contributed by atoms with Gasteiger partial charge in [0, 0.05) is 5.56 Å². The van der Waals surface area contributed by atoms with Crippen molar-refractivity contribution in [2.24, 2.45) is 0 Å². The van der Waals surface area contributed by atoms with Gasteiger partial charge in [0.2, 0.25) is 0 Å². The van der Waals surface area contributed by atoms with Crippen molar-refractivity contribution in [3.05, 3.63) is 53.6 Å². The number of hydrogen-bond donors (Lipinski definition) is 0. The number of ketones is 1. The van der Waals surface area contributed by atoms with Gasteiger partial charge in [-0.3, -0.25) is 4.79 Å². The van der Waals surface area contributed by atoms with E-state index >= 15 is 0 Å². The van der Waals surface area contributed by atoms with Crippen LogP contribution in [0, 0.1) is 0 Å². The molecule has 0 N–H and O–H groups in total. The largest absolute Gasteiger partial charge is 0.493 e. The van der Waals surface area contributed by atoms with Crippen molar-refractivity contribution in [3.8, 4) is 11.5 Å². The van der Waals surface area contributed by atoms with E-state index in [1.54, 1.807) is 0 Å². The van der Waals surface area contributed by atoms with Crippen LogP contribution in [0.25, 0.3) is 0 Å². The zero-order chi connectivity index (χ0) is 18.8. The van der Waals surface area contributed by atoms with Crippen molar-refractivity contribution in [2.45, 2.75) is 18.0 Å². The second-order valence-corrected chi connectivity index (χ2v) is 6.53. The van der Waals surface area contributed by atoms with Crippen LogP contribution < -0.4 is 8.92 Å². The molecule has 0 amide bonds. The highest BCUT2D eigenvalue weighted by molar-refractivity contribution is 7.87. The van der Waals surface area contributed by atoms with Crippen LogP contribution in [0.1, 0.15) is 22.8 Å². The number of Topliss-reactive ketones (excluding diaryl/α,β-unsaturated/α-hetero) is 1. The zero-order valence-electron chi connectivity index (χ0n) is 13.1. The molecule has 0 aliphatic rings. The van der Waals surface area contributed by atoms with Gasteiger partial charge in [-0.2, -0.15) is 21.6 Å². The number of methoxy groups -OCH3 is 1. The maximum atomic E-state index is 12.5. The Morgan fingerprint density at radius 2 is 1.60 bits per heavy atom. The molecule has 0 spiro atoms. The van der Waals surface area contributed by atoms with Crippen molar-refractivity contribution >= 4 is 15.9 Å². The molecule has 0 radical (unpaired) electrons. The molecule has 5 nitrogen and oxygen atoms in total. The fourth-order valence-corrected chi connectivity index (χ4v) is 2.87. The summed E-state index contributed by atoms with van der Waals surface area (Å²) in [6, 6.07) is 6.78. The third-order valence-electron chi connectivity index (χ3n) is 3.24. The number of halogens is 3. The molecule has 0 heterocycles. The summed E-state index contributed by atoms with van der Waals surface area (Å²) < 4.78 is 72.0. The highest BCUT2D eigenvalue weighted by Gasteiger charge is 2.31. The van der Waals surface area contributed by atoms with Crippen LogP contribution in [0.4, 0.5) is 13.2 Å². The van der Waals surface area contributed by atoms with Gasteiger partial charge in [0.1, 0.15) is 4.90 Å². The second kappa shape index (κ2) is 6.75. The maximum Gasteiger partial charge on any atom is 0.416 e. The van der Waals surface area contributed by atoms with Gasteiger partial charge in [-0.1, -0.05) is 0 Å². The molecule has 9 heteroatoms. The monoisotopic (exact) mass is 374 g/mol. The van der Waals surface area contributed by atoms with E-state index in [1.807, 2.05) is 0 Å². The molecule has 0 aliphatic heterocycles. The van der Waals surface area contributed by atoms with E-state index in [-0.39, 0.29) is 22.8 Å². The van der Waals surface area contributed by atoms with Gasteiger partial charge in [0.15, 0.2) is 17.3 Å². The number of benzene rings is 2. The Hall–Kier alpha value is -2.55. The van der Waals surface area contributed by atoms with E-state index in [1.165, 1.54) is 32.2 Å². The first kappa shape index (κ1) is 18.8. The van der Waals surface area contributed by atoms with Gasteiger partial charge in [0.25, 0.3) is 0 Å². The molecule has 0 unspecified atom stereocenters. The molecule has 0 aliphatic carbocycles. The van der Waals surface area contributed by atoms with Crippen LogP contribution in [0.15, 0.2) is 47.4 Å². The summed E-state index contributed by atoms with van der Waals surface area (Å²) in [5.74, 6) is -0.439. The predicted octanol–water partition coefficient (Wildman–Crippen LogP) is 3.68. The molecule has 0 saturated carbocycles. The lowest BCUT2D eigenvalue weighted by molar-refractivity contribution is -0.137. The molecule has 0 aromatic heterocycles. The van der Waals surface area contributed by atoms with E-state index in [0.717, 1.165) is 12.1 Å². The Labute approximate surface area is 142 Å². The van der Waals surface area contributed by atoms with E-state index in [2.05, 4.69) is 0 Å². The molecule has 2 aromatic carbocycles. The fraction of sp³-hybridized carbons (Fsp3) is 0.188. The quantitative estimate of drug-likeness (QED) is 0.590. The van der Waals surface area contributed by atoms with Crippen LogP contribution in [-0.4, -0.2) is 21.3 Å². The van der Waals surface area contributed by atoms with Crippen LogP contribution in [0.2, 0.25) is 0 Å². The van der Waals surface area contributed by atoms with Crippen molar-refractivity contribution in [3.63, 3.8) is 0 Å². The minimum atomic E-state index is -4.57. The summed E-state index contributed by atoms with van der Waals surface area (Å²) in [7, 11) is -3.11. The molecule has 134 valence electrons. The van der Waals surface area contributed by atoms with E-state index in [0.29, 0.717) is 12.1 Å². The molecule has 2 rings (SSSR count). The van der Waals surface area contributed by atoms with Crippen molar-refractivity contribution in [1.82, 2.24) is 0 Å². The number of carbonyl (C=O) groups excluding carboxylic acids is 1. The topological polar surface area (TPSA) is 69.7 Å². The number of rotatable bonds is 5. The summed E-state index contributed by atoms with van der Waals surface area (Å²) in [6.45, 7) is 1.33. The standard InChI is InChI=1S/C16H13F3O5S/c1-10(20)11-3-8-14(15(9-11)23-2)24-25(21,22)13-6-4-12(5-7-13)16(17,18)19/h3-9H,1-2H3. The Kier molecular flexibility index (Phi) is 5.07. The van der Waals surface area contributed by atoms with Crippen LogP contribution in [0.3, 0.4) is 0 Å². The van der Waals surface area contributed by atoms with Crippen molar-refractivity contribution in [1.29, 1.82) is 0 Å². The first-order valence-corrected chi connectivity index (χ1v) is 8.26. The smallest absolute Gasteiger partial charge is 0.416 e. The average molecular weight is 374 g/mol. The van der Waals surface area contributed by atoms with Crippen LogP contribution in [0.5, 0.6) is 11.5 Å². The Morgan fingerprint density at radius 1 is 1.00 bits per heavy atom. The van der Waals surface area contributed by atoms with E-state index in [4.69, 9.17) is 8.92 Å². The molecule has 2 aromatic rings. The maximum absolute atomic E-state index is 12.5. The van der Waals surface area contributed by atoms with E-state index < -0.39 is 26.8 Å². The molecule has 0 fully saturated rings. The zero-order valence-corrected chi connectivity index (χ0v) is 13.9. The van der Waals surface area contributed by atoms with E-state index in [9.17, 15) is 26.4 Å². The third kappa shape index (κ3) is 4.30. The first-order chi connectivity index (χ1) is 11.5. The highest BCUT2D eigenvalue weighted by Crippen LogP contribution is 2.32. The van der Waals surface area contributed by atoms with Gasteiger partial charge in [-0.15, -0.1) is 0 Å². The molecule has 0 atom stereocenters. The third-order valence-corrected chi connectivity index (χ3v) is 4.49. The summed E-state index contributed by atoms with van der Waals surface area (Å²) >= 11 is 0. The summed E-state index contributed by atoms with van der Waals surface area (Å²) in [5.41, 5.74) is -0.689. The summed E-state index contributed by atoms with van der Waals surface area (Å²) in [6.07, 6.45) is -4.57. The van der Waals surface area contributed by atoms with Gasteiger partial charge in [-0.25, -0.2) is 0 Å². The lowest BCUT2D eigenvalue weighted by Crippen LogP contribution is -2.12. The predicted molar refractivity (Wildman–Crippen MR) is 82.3 cm³/mol. The van der Waals surface area contributed by atoms with Gasteiger partial charge >= 0.3 is 16.3 Å². The molecular formula is C16H13F3O5S. The SMILES string of the molecule is COc1cc(C(C)=O)ccc1OS(=O)(=O)c1ccc(C(F)(F)F)cc1. The van der Waals surface area contributed by atoms with Gasteiger partial charge < -0.3 is 8.92 Å². The fourth-order valence-electron chi connectivity index (χ4n) is 1.93. The van der Waals surface area contributed by atoms with Crippen LogP contribution in [-0.2, 0) is 16.3 Å². The van der Waals surface area contributed by atoms with Gasteiger partial charge in [-0.05, 0) is 49.4 Å². The number of alkyl halides is 3. The number of ether oxygens (including phenoxy) is 1. The van der Waals surface area contributed by atoms with Crippen LogP contribution >= 0.6 is 0 Å². The van der Waals surface area contributed by atoms with Crippen molar-refractivity contribution < 1.29 is 35.3 Å². The minimum absolute atomic E-state index is 0.00295. The molecule has 25 heavy (non-hydrogen) atoms. The minimum Gasteiger partial charge on any atom is -0.493 e. The van der Waals surface area contributed by atoms with Gasteiger partial charge in [0.05, 0.1) is 12.7 Å². The van der Waals surface area contributed by atoms with Crippen molar-refractivity contribution in [2.75, 3.05) is 7.11 Å². The molecule has 0 saturated heterocycles. The molecule has 0 bridgehead atoms. The Bertz CT molecular complexity index is 887. The summed E-state index contributed by atoms with van der Waals surface area (Å²) in [5, 5.41) is 0. The molecular weight excluding hydrogens is 361 g/mol. The average Bonchev–Trinajstić information content (AvgIpc) is 2.54. The Morgan fingerprint density at radius 3 is 2.08 bits per heavy atom. The number of hydrogen-bond acceptors (Lipinski definition) is 5. The first-order valence-electron chi connectivity index (χ1n) is 6.85. The number of carbonyl (C=O) groups is 1. The summed E-state index contributed by atoms with van der Waals surface area (Å²) in [4.78, 5) is 10.9. The normalized spacial score (nSPS) is 11.9. The Balaban J connectivity index is 2.34. The second-order valence-electron chi connectivity index (χ2n) is 4.98.